The molecule has 0 fully saturated rings. The van der Waals surface area contributed by atoms with E-state index in [1.165, 1.54) is 31.3 Å². The quantitative estimate of drug-likeness (QED) is 0.506. The fraction of sp³-hybridized carbons (Fsp3) is 0.643. The van der Waals surface area contributed by atoms with Crippen molar-refractivity contribution in [2.24, 2.45) is 0 Å². The van der Waals surface area contributed by atoms with Crippen molar-refractivity contribution in [3.05, 3.63) is 11.6 Å². The van der Waals surface area contributed by atoms with E-state index >= 15 is 0 Å². The van der Waals surface area contributed by atoms with Gasteiger partial charge in [-0.15, -0.1) is 0 Å². The molecule has 1 aliphatic carbocycles. The molecule has 0 aromatic heterocycles. The zero-order chi connectivity index (χ0) is 10.9. The van der Waals surface area contributed by atoms with Crippen LogP contribution in [0.1, 0.15) is 58.3 Å². The standard InChI is InChI=1S/C14H20O/c1-13(15)9-5-4-8-12-14-10-6-2-3-7-11-14/h10H,2-7,9,11H2,1H3. The Kier molecular flexibility index (Phi) is 5.85. The van der Waals surface area contributed by atoms with E-state index in [-0.39, 0.29) is 5.78 Å². The van der Waals surface area contributed by atoms with Gasteiger partial charge in [-0.1, -0.05) is 24.3 Å². The van der Waals surface area contributed by atoms with Crippen LogP contribution in [0.4, 0.5) is 0 Å². The highest BCUT2D eigenvalue weighted by molar-refractivity contribution is 5.75. The molecule has 0 aliphatic heterocycles. The highest BCUT2D eigenvalue weighted by atomic mass is 16.1. The van der Waals surface area contributed by atoms with Gasteiger partial charge < -0.3 is 4.79 Å². The number of carbonyl (C=O) groups is 1. The predicted octanol–water partition coefficient (Wildman–Crippen LogP) is 3.64. The molecule has 15 heavy (non-hydrogen) atoms. The fourth-order valence-corrected chi connectivity index (χ4v) is 1.73. The minimum Gasteiger partial charge on any atom is -0.300 e. The van der Waals surface area contributed by atoms with Crippen LogP contribution in [-0.2, 0) is 4.79 Å². The van der Waals surface area contributed by atoms with Crippen LogP contribution < -0.4 is 0 Å². The molecule has 1 nitrogen and oxygen atoms in total. The highest BCUT2D eigenvalue weighted by Gasteiger charge is 1.98. The van der Waals surface area contributed by atoms with E-state index in [1.54, 1.807) is 6.92 Å². The molecule has 0 aromatic rings. The van der Waals surface area contributed by atoms with Gasteiger partial charge in [0, 0.05) is 12.8 Å². The average molecular weight is 204 g/mol. The first kappa shape index (κ1) is 12.0. The maximum atomic E-state index is 10.7. The molecule has 0 radical (unpaired) electrons. The zero-order valence-corrected chi connectivity index (χ0v) is 9.64. The maximum Gasteiger partial charge on any atom is 0.129 e. The highest BCUT2D eigenvalue weighted by Crippen LogP contribution is 2.16. The number of hydrogen-bond donors (Lipinski definition) is 0. The van der Waals surface area contributed by atoms with Crippen LogP contribution in [0.5, 0.6) is 0 Å². The van der Waals surface area contributed by atoms with Crippen LogP contribution in [0.15, 0.2) is 11.6 Å². The Bertz CT molecular complexity index is 288. The van der Waals surface area contributed by atoms with Crippen LogP contribution in [0, 0.1) is 11.8 Å². The Labute approximate surface area is 92.9 Å². The Morgan fingerprint density at radius 2 is 2.27 bits per heavy atom. The molecule has 1 heteroatoms. The second-order valence-corrected chi connectivity index (χ2v) is 4.19. The fourth-order valence-electron chi connectivity index (χ4n) is 1.73. The van der Waals surface area contributed by atoms with Gasteiger partial charge in [-0.25, -0.2) is 0 Å². The van der Waals surface area contributed by atoms with Crippen molar-refractivity contribution in [2.75, 3.05) is 0 Å². The number of hydrogen-bond acceptors (Lipinski definition) is 1. The first-order valence-corrected chi connectivity index (χ1v) is 5.96. The minimum absolute atomic E-state index is 0.269. The SMILES string of the molecule is CC(=O)CCCC#CC1=CCCCCC1. The number of Topliss-reactive ketones (excluding diaryl/α,β-unsaturated/α-hetero) is 1. The molecule has 0 aromatic carbocycles. The molecule has 0 bridgehead atoms. The summed E-state index contributed by atoms with van der Waals surface area (Å²) >= 11 is 0. The van der Waals surface area contributed by atoms with E-state index in [0.29, 0.717) is 6.42 Å². The van der Waals surface area contributed by atoms with Crippen LogP contribution in [0.25, 0.3) is 0 Å². The van der Waals surface area contributed by atoms with E-state index < -0.39 is 0 Å². The van der Waals surface area contributed by atoms with Crippen molar-refractivity contribution in [1.29, 1.82) is 0 Å². The largest absolute Gasteiger partial charge is 0.300 e. The minimum atomic E-state index is 0.269. The summed E-state index contributed by atoms with van der Waals surface area (Å²) < 4.78 is 0. The van der Waals surface area contributed by atoms with E-state index in [9.17, 15) is 4.79 Å². The third-order valence-electron chi connectivity index (χ3n) is 2.62. The lowest BCUT2D eigenvalue weighted by Crippen LogP contribution is -1.87. The Morgan fingerprint density at radius 1 is 1.40 bits per heavy atom. The lowest BCUT2D eigenvalue weighted by Gasteiger charge is -1.93. The van der Waals surface area contributed by atoms with Gasteiger partial charge in [-0.3, -0.25) is 0 Å². The Balaban J connectivity index is 2.24. The van der Waals surface area contributed by atoms with Crippen LogP contribution in [0.3, 0.4) is 0 Å². The van der Waals surface area contributed by atoms with Crippen LogP contribution in [-0.4, -0.2) is 5.78 Å². The topological polar surface area (TPSA) is 17.1 Å². The average Bonchev–Trinajstić information content (AvgIpc) is 2.45. The number of unbranched alkanes of at least 4 members (excludes halogenated alkanes) is 1. The Hall–Kier alpha value is -1.03. The van der Waals surface area contributed by atoms with Gasteiger partial charge >= 0.3 is 0 Å². The summed E-state index contributed by atoms with van der Waals surface area (Å²) in [7, 11) is 0. The molecular weight excluding hydrogens is 184 g/mol. The summed E-state index contributed by atoms with van der Waals surface area (Å²) in [6.45, 7) is 1.64. The second-order valence-electron chi connectivity index (χ2n) is 4.19. The molecule has 0 atom stereocenters. The van der Waals surface area contributed by atoms with Gasteiger partial charge in [-0.05, 0) is 44.6 Å². The van der Waals surface area contributed by atoms with Crippen molar-refractivity contribution >= 4 is 5.78 Å². The summed E-state index contributed by atoms with van der Waals surface area (Å²) in [5, 5.41) is 0. The third-order valence-corrected chi connectivity index (χ3v) is 2.62. The lowest BCUT2D eigenvalue weighted by atomic mass is 10.1. The van der Waals surface area contributed by atoms with Gasteiger partial charge in [0.05, 0.1) is 0 Å². The van der Waals surface area contributed by atoms with Crippen molar-refractivity contribution in [1.82, 2.24) is 0 Å². The van der Waals surface area contributed by atoms with Gasteiger partial charge in [0.2, 0.25) is 0 Å². The number of rotatable bonds is 3. The van der Waals surface area contributed by atoms with Crippen LogP contribution in [0.2, 0.25) is 0 Å². The van der Waals surface area contributed by atoms with Crippen molar-refractivity contribution < 1.29 is 4.79 Å². The van der Waals surface area contributed by atoms with Gasteiger partial charge in [0.15, 0.2) is 0 Å². The third kappa shape index (κ3) is 6.12. The van der Waals surface area contributed by atoms with Crippen molar-refractivity contribution in [3.63, 3.8) is 0 Å². The predicted molar refractivity (Wildman–Crippen MR) is 63.5 cm³/mol. The molecule has 1 rings (SSSR count). The monoisotopic (exact) mass is 204 g/mol. The lowest BCUT2D eigenvalue weighted by molar-refractivity contribution is -0.117. The summed E-state index contributed by atoms with van der Waals surface area (Å²) in [5.41, 5.74) is 1.32. The molecule has 82 valence electrons. The van der Waals surface area contributed by atoms with E-state index in [4.69, 9.17) is 0 Å². The van der Waals surface area contributed by atoms with Gasteiger partial charge in [-0.2, -0.15) is 0 Å². The summed E-state index contributed by atoms with van der Waals surface area (Å²) in [6, 6.07) is 0. The normalized spacial score (nSPS) is 15.9. The number of carbonyl (C=O) groups excluding carboxylic acids is 1. The smallest absolute Gasteiger partial charge is 0.129 e. The number of ketones is 1. The molecule has 0 saturated heterocycles. The zero-order valence-electron chi connectivity index (χ0n) is 9.64. The van der Waals surface area contributed by atoms with E-state index in [0.717, 1.165) is 19.3 Å². The molecule has 0 spiro atoms. The van der Waals surface area contributed by atoms with E-state index in [1.807, 2.05) is 0 Å². The first-order valence-electron chi connectivity index (χ1n) is 5.96. The molecule has 1 aliphatic rings. The first-order chi connectivity index (χ1) is 7.29. The molecule has 0 unspecified atom stereocenters. The number of allylic oxidation sites excluding steroid dienone is 2. The van der Waals surface area contributed by atoms with Gasteiger partial charge in [0.25, 0.3) is 0 Å². The van der Waals surface area contributed by atoms with E-state index in [2.05, 4.69) is 17.9 Å². The summed E-state index contributed by atoms with van der Waals surface area (Å²) in [4.78, 5) is 10.7. The molecule has 0 heterocycles. The molecule has 0 N–H and O–H groups in total. The summed E-state index contributed by atoms with van der Waals surface area (Å²) in [6.07, 6.45) is 11.0. The second kappa shape index (κ2) is 7.29. The maximum absolute atomic E-state index is 10.7. The molecular formula is C14H20O. The molecule has 0 amide bonds. The van der Waals surface area contributed by atoms with Gasteiger partial charge in [0.1, 0.15) is 5.78 Å². The Morgan fingerprint density at radius 3 is 3.07 bits per heavy atom. The van der Waals surface area contributed by atoms with Crippen LogP contribution >= 0.6 is 0 Å². The molecule has 0 saturated carbocycles. The van der Waals surface area contributed by atoms with Crippen molar-refractivity contribution in [3.8, 4) is 11.8 Å². The summed E-state index contributed by atoms with van der Waals surface area (Å²) in [5.74, 6) is 6.67. The van der Waals surface area contributed by atoms with Crippen molar-refractivity contribution in [2.45, 2.75) is 58.3 Å².